The lowest BCUT2D eigenvalue weighted by atomic mass is 9.70. The van der Waals surface area contributed by atoms with E-state index in [4.69, 9.17) is 11.6 Å². The molecule has 1 aliphatic rings. The number of hydrogen-bond donors (Lipinski definition) is 1. The summed E-state index contributed by atoms with van der Waals surface area (Å²) in [5, 5.41) is 5.39. The number of fused-ring (bicyclic) bond motifs is 1. The first kappa shape index (κ1) is 12.9. The van der Waals surface area contributed by atoms with Crippen molar-refractivity contribution in [3.63, 3.8) is 0 Å². The van der Waals surface area contributed by atoms with Crippen molar-refractivity contribution in [3.05, 3.63) is 41.0 Å². The molecule has 0 aliphatic heterocycles. The van der Waals surface area contributed by atoms with Gasteiger partial charge >= 0.3 is 0 Å². The minimum atomic E-state index is 0.510. The molecule has 19 heavy (non-hydrogen) atoms. The maximum atomic E-state index is 6.21. The molecule has 0 atom stereocenters. The van der Waals surface area contributed by atoms with Crippen LogP contribution in [-0.4, -0.2) is 11.5 Å². The van der Waals surface area contributed by atoms with Crippen LogP contribution in [0.25, 0.3) is 10.9 Å². The van der Waals surface area contributed by atoms with Crippen molar-refractivity contribution in [3.8, 4) is 0 Å². The largest absolute Gasteiger partial charge is 0.312 e. The molecule has 1 aliphatic carbocycles. The summed E-state index contributed by atoms with van der Waals surface area (Å²) >= 11 is 6.21. The highest BCUT2D eigenvalue weighted by molar-refractivity contribution is 6.35. The minimum absolute atomic E-state index is 0.510. The summed E-state index contributed by atoms with van der Waals surface area (Å²) in [5.41, 5.74) is 2.75. The summed E-state index contributed by atoms with van der Waals surface area (Å²) in [6.07, 6.45) is 5.90. The highest BCUT2D eigenvalue weighted by atomic mass is 35.5. The molecule has 1 fully saturated rings. The SMILES string of the molecule is CC1(CNCc2ccc(Cl)c3cccnc23)CCC1. The number of aromatic nitrogens is 1. The summed E-state index contributed by atoms with van der Waals surface area (Å²) in [6.45, 7) is 4.31. The molecule has 1 heterocycles. The molecule has 100 valence electrons. The molecule has 1 aromatic carbocycles. The lowest BCUT2D eigenvalue weighted by molar-refractivity contribution is 0.156. The van der Waals surface area contributed by atoms with Gasteiger partial charge in [0.2, 0.25) is 0 Å². The molecule has 0 amide bonds. The Balaban J connectivity index is 1.76. The third-order valence-electron chi connectivity index (χ3n) is 4.23. The van der Waals surface area contributed by atoms with Gasteiger partial charge in [0.25, 0.3) is 0 Å². The molecule has 3 rings (SSSR count). The molecule has 1 saturated carbocycles. The van der Waals surface area contributed by atoms with Gasteiger partial charge in [-0.1, -0.05) is 31.0 Å². The number of nitrogens with one attached hydrogen (secondary N) is 1. The molecule has 0 spiro atoms. The van der Waals surface area contributed by atoms with Crippen LogP contribution < -0.4 is 5.32 Å². The van der Waals surface area contributed by atoms with Crippen LogP contribution in [0, 0.1) is 5.41 Å². The van der Waals surface area contributed by atoms with Crippen molar-refractivity contribution < 1.29 is 0 Å². The Morgan fingerprint density at radius 3 is 2.89 bits per heavy atom. The summed E-state index contributed by atoms with van der Waals surface area (Å²) in [6, 6.07) is 8.00. The summed E-state index contributed by atoms with van der Waals surface area (Å²) in [5.74, 6) is 0. The fourth-order valence-electron chi connectivity index (χ4n) is 2.80. The summed E-state index contributed by atoms with van der Waals surface area (Å²) < 4.78 is 0. The smallest absolute Gasteiger partial charge is 0.0761 e. The van der Waals surface area contributed by atoms with Gasteiger partial charge in [-0.05, 0) is 42.0 Å². The molecular formula is C16H19ClN2. The van der Waals surface area contributed by atoms with Crippen LogP contribution in [0.3, 0.4) is 0 Å². The minimum Gasteiger partial charge on any atom is -0.312 e. The molecule has 3 heteroatoms. The van der Waals surface area contributed by atoms with E-state index >= 15 is 0 Å². The fourth-order valence-corrected chi connectivity index (χ4v) is 3.01. The van der Waals surface area contributed by atoms with Gasteiger partial charge in [0.15, 0.2) is 0 Å². The standard InChI is InChI=1S/C16H19ClN2/c1-16(7-3-8-16)11-18-10-12-5-6-14(17)13-4-2-9-19-15(12)13/h2,4-6,9,18H,3,7-8,10-11H2,1H3. The van der Waals surface area contributed by atoms with Gasteiger partial charge in [-0.15, -0.1) is 0 Å². The lowest BCUT2D eigenvalue weighted by Crippen LogP contribution is -2.37. The quantitative estimate of drug-likeness (QED) is 0.905. The molecule has 2 aromatic rings. The van der Waals surface area contributed by atoms with Crippen molar-refractivity contribution in [1.29, 1.82) is 0 Å². The zero-order valence-electron chi connectivity index (χ0n) is 11.2. The Bertz CT molecular complexity index is 590. The highest BCUT2D eigenvalue weighted by Gasteiger charge is 2.30. The van der Waals surface area contributed by atoms with E-state index in [0.29, 0.717) is 5.41 Å². The van der Waals surface area contributed by atoms with Gasteiger partial charge in [0, 0.05) is 29.7 Å². The highest BCUT2D eigenvalue weighted by Crippen LogP contribution is 2.39. The second-order valence-electron chi connectivity index (χ2n) is 5.87. The van der Waals surface area contributed by atoms with Gasteiger partial charge < -0.3 is 5.32 Å². The number of pyridine rings is 1. The van der Waals surface area contributed by atoms with E-state index in [0.717, 1.165) is 29.0 Å². The van der Waals surface area contributed by atoms with Crippen LogP contribution in [0.15, 0.2) is 30.5 Å². The first-order valence-electron chi connectivity index (χ1n) is 6.91. The Hall–Kier alpha value is -1.12. The Morgan fingerprint density at radius 1 is 1.32 bits per heavy atom. The number of nitrogens with zero attached hydrogens (tertiary/aromatic N) is 1. The second-order valence-corrected chi connectivity index (χ2v) is 6.28. The number of benzene rings is 1. The van der Waals surface area contributed by atoms with E-state index in [-0.39, 0.29) is 0 Å². The average Bonchev–Trinajstić information content (AvgIpc) is 2.40. The van der Waals surface area contributed by atoms with Gasteiger partial charge in [0.05, 0.1) is 5.52 Å². The number of halogens is 1. The van der Waals surface area contributed by atoms with Crippen LogP contribution in [0.1, 0.15) is 31.7 Å². The van der Waals surface area contributed by atoms with E-state index in [1.54, 1.807) is 0 Å². The second kappa shape index (κ2) is 5.10. The molecule has 1 aromatic heterocycles. The van der Waals surface area contributed by atoms with Gasteiger partial charge in [-0.25, -0.2) is 0 Å². The average molecular weight is 275 g/mol. The topological polar surface area (TPSA) is 24.9 Å². The monoisotopic (exact) mass is 274 g/mol. The zero-order chi connectivity index (χ0) is 13.3. The van der Waals surface area contributed by atoms with Crippen LogP contribution >= 0.6 is 11.6 Å². The zero-order valence-corrected chi connectivity index (χ0v) is 12.0. The van der Waals surface area contributed by atoms with E-state index in [1.165, 1.54) is 24.8 Å². The molecule has 0 bridgehead atoms. The van der Waals surface area contributed by atoms with E-state index in [1.807, 2.05) is 24.4 Å². The maximum Gasteiger partial charge on any atom is 0.0761 e. The van der Waals surface area contributed by atoms with Gasteiger partial charge in [0.1, 0.15) is 0 Å². The number of rotatable bonds is 4. The van der Waals surface area contributed by atoms with Crippen LogP contribution in [-0.2, 0) is 6.54 Å². The Morgan fingerprint density at radius 2 is 2.16 bits per heavy atom. The fraction of sp³-hybridized carbons (Fsp3) is 0.438. The molecule has 1 N–H and O–H groups in total. The van der Waals surface area contributed by atoms with E-state index in [2.05, 4.69) is 23.3 Å². The summed E-state index contributed by atoms with van der Waals surface area (Å²) in [7, 11) is 0. The Kier molecular flexibility index (Phi) is 3.46. The third kappa shape index (κ3) is 2.60. The maximum absolute atomic E-state index is 6.21. The Labute approximate surface area is 119 Å². The molecule has 0 saturated heterocycles. The van der Waals surface area contributed by atoms with Crippen molar-refractivity contribution in [2.24, 2.45) is 5.41 Å². The normalized spacial score (nSPS) is 17.4. The van der Waals surface area contributed by atoms with Crippen LogP contribution in [0.2, 0.25) is 5.02 Å². The first-order valence-corrected chi connectivity index (χ1v) is 7.29. The first-order chi connectivity index (χ1) is 9.18. The van der Waals surface area contributed by atoms with Gasteiger partial charge in [-0.3, -0.25) is 4.98 Å². The van der Waals surface area contributed by atoms with Crippen molar-refractivity contribution in [2.75, 3.05) is 6.54 Å². The van der Waals surface area contributed by atoms with Crippen molar-refractivity contribution in [2.45, 2.75) is 32.7 Å². The van der Waals surface area contributed by atoms with E-state index in [9.17, 15) is 0 Å². The lowest BCUT2D eigenvalue weighted by Gasteiger charge is -2.38. The van der Waals surface area contributed by atoms with Crippen LogP contribution in [0.5, 0.6) is 0 Å². The van der Waals surface area contributed by atoms with E-state index < -0.39 is 0 Å². The predicted molar refractivity (Wildman–Crippen MR) is 80.4 cm³/mol. The molecule has 0 unspecified atom stereocenters. The summed E-state index contributed by atoms with van der Waals surface area (Å²) in [4.78, 5) is 4.47. The van der Waals surface area contributed by atoms with Crippen LogP contribution in [0.4, 0.5) is 0 Å². The van der Waals surface area contributed by atoms with Crippen molar-refractivity contribution >= 4 is 22.5 Å². The molecule has 2 nitrogen and oxygen atoms in total. The third-order valence-corrected chi connectivity index (χ3v) is 4.56. The van der Waals surface area contributed by atoms with Crippen molar-refractivity contribution in [1.82, 2.24) is 10.3 Å². The molecular weight excluding hydrogens is 256 g/mol. The number of hydrogen-bond acceptors (Lipinski definition) is 2. The molecule has 0 radical (unpaired) electrons. The predicted octanol–water partition coefficient (Wildman–Crippen LogP) is 4.17. The van der Waals surface area contributed by atoms with Gasteiger partial charge in [-0.2, -0.15) is 0 Å².